The van der Waals surface area contributed by atoms with Crippen LogP contribution in [0.15, 0.2) is 6.07 Å². The van der Waals surface area contributed by atoms with Gasteiger partial charge in [0.05, 0.1) is 6.61 Å². The molecule has 1 nitrogen and oxygen atoms in total. The third kappa shape index (κ3) is 3.43. The predicted molar refractivity (Wildman–Crippen MR) is 78.4 cm³/mol. The van der Waals surface area contributed by atoms with E-state index in [0.717, 1.165) is 28.3 Å². The maximum atomic E-state index is 6.32. The molecule has 0 heterocycles. The van der Waals surface area contributed by atoms with E-state index < -0.39 is 0 Å². The van der Waals surface area contributed by atoms with Crippen molar-refractivity contribution in [3.8, 4) is 17.6 Å². The lowest BCUT2D eigenvalue weighted by molar-refractivity contribution is 0.335. The molecule has 0 radical (unpaired) electrons. The fourth-order valence-electron chi connectivity index (χ4n) is 2.10. The van der Waals surface area contributed by atoms with Crippen LogP contribution in [-0.2, 0) is 6.42 Å². The molecule has 0 aliphatic heterocycles. The second-order valence-corrected chi connectivity index (χ2v) is 4.92. The lowest BCUT2D eigenvalue weighted by Crippen LogP contribution is -2.05. The molecule has 1 aromatic rings. The second kappa shape index (κ2) is 6.71. The van der Waals surface area contributed by atoms with Gasteiger partial charge in [-0.3, -0.25) is 0 Å². The molecule has 0 N–H and O–H groups in total. The molecule has 0 amide bonds. The number of halogens is 1. The van der Waals surface area contributed by atoms with E-state index in [-0.39, 0.29) is 0 Å². The van der Waals surface area contributed by atoms with E-state index in [0.29, 0.717) is 12.5 Å². The van der Waals surface area contributed by atoms with Crippen molar-refractivity contribution in [1.29, 1.82) is 0 Å². The Morgan fingerprint density at radius 1 is 1.39 bits per heavy atom. The first kappa shape index (κ1) is 14.9. The van der Waals surface area contributed by atoms with Crippen molar-refractivity contribution >= 4 is 11.6 Å². The lowest BCUT2D eigenvalue weighted by Gasteiger charge is -2.17. The van der Waals surface area contributed by atoms with Crippen LogP contribution in [0.4, 0.5) is 0 Å². The predicted octanol–water partition coefficient (Wildman–Crippen LogP) is 4.56. The molecule has 2 heteroatoms. The summed E-state index contributed by atoms with van der Waals surface area (Å²) in [6.07, 6.45) is 0.877. The molecule has 0 fully saturated rings. The second-order valence-electron chi connectivity index (χ2n) is 4.54. The van der Waals surface area contributed by atoms with Gasteiger partial charge in [-0.15, -0.1) is 11.8 Å². The van der Waals surface area contributed by atoms with Crippen LogP contribution in [0.5, 0.6) is 5.75 Å². The molecular formula is C16H21ClO. The van der Waals surface area contributed by atoms with Gasteiger partial charge in [-0.25, -0.2) is 0 Å². The van der Waals surface area contributed by atoms with E-state index >= 15 is 0 Å². The van der Waals surface area contributed by atoms with Gasteiger partial charge in [0, 0.05) is 10.9 Å². The molecular weight excluding hydrogens is 244 g/mol. The summed E-state index contributed by atoms with van der Waals surface area (Å²) in [6, 6.07) is 2.03. The lowest BCUT2D eigenvalue weighted by atomic mass is 9.95. The van der Waals surface area contributed by atoms with Crippen molar-refractivity contribution in [2.75, 3.05) is 6.61 Å². The summed E-state index contributed by atoms with van der Waals surface area (Å²) in [5.41, 5.74) is 3.36. The Hall–Kier alpha value is -1.13. The summed E-state index contributed by atoms with van der Waals surface area (Å²) in [5, 5.41) is 0.838. The molecule has 0 aromatic heterocycles. The van der Waals surface area contributed by atoms with Crippen LogP contribution in [-0.4, -0.2) is 6.61 Å². The van der Waals surface area contributed by atoms with Crippen LogP contribution in [0.25, 0.3) is 0 Å². The third-order valence-corrected chi connectivity index (χ3v) is 3.56. The molecule has 0 spiro atoms. The highest BCUT2D eigenvalue weighted by atomic mass is 35.5. The van der Waals surface area contributed by atoms with Crippen molar-refractivity contribution in [2.24, 2.45) is 5.92 Å². The van der Waals surface area contributed by atoms with Crippen LogP contribution in [0.2, 0.25) is 5.02 Å². The highest BCUT2D eigenvalue weighted by Crippen LogP contribution is 2.33. The zero-order valence-corrected chi connectivity index (χ0v) is 12.6. The Kier molecular flexibility index (Phi) is 5.56. The van der Waals surface area contributed by atoms with Gasteiger partial charge in [-0.1, -0.05) is 18.5 Å². The number of aryl methyl sites for hydroxylation is 1. The molecule has 0 saturated carbocycles. The van der Waals surface area contributed by atoms with Gasteiger partial charge in [0.25, 0.3) is 0 Å². The van der Waals surface area contributed by atoms with Gasteiger partial charge >= 0.3 is 0 Å². The summed E-state index contributed by atoms with van der Waals surface area (Å²) >= 11 is 6.32. The topological polar surface area (TPSA) is 9.23 Å². The normalized spacial score (nSPS) is 11.7. The quantitative estimate of drug-likeness (QED) is 0.725. The summed E-state index contributed by atoms with van der Waals surface area (Å²) in [5.74, 6) is 7.39. The Morgan fingerprint density at radius 2 is 2.06 bits per heavy atom. The highest BCUT2D eigenvalue weighted by molar-refractivity contribution is 6.32. The zero-order valence-electron chi connectivity index (χ0n) is 11.9. The molecule has 0 bridgehead atoms. The average Bonchev–Trinajstić information content (AvgIpc) is 2.32. The maximum absolute atomic E-state index is 6.32. The molecule has 0 aliphatic rings. The monoisotopic (exact) mass is 264 g/mol. The minimum atomic E-state index is 0.312. The first-order valence-electron chi connectivity index (χ1n) is 6.34. The molecule has 1 unspecified atom stereocenters. The third-order valence-electron chi connectivity index (χ3n) is 2.97. The van der Waals surface area contributed by atoms with Crippen LogP contribution in [0.1, 0.15) is 37.5 Å². The Balaban J connectivity index is 3.20. The average molecular weight is 265 g/mol. The van der Waals surface area contributed by atoms with Crippen molar-refractivity contribution in [1.82, 2.24) is 0 Å². The molecule has 1 atom stereocenters. The van der Waals surface area contributed by atoms with Gasteiger partial charge < -0.3 is 4.74 Å². The van der Waals surface area contributed by atoms with E-state index in [4.69, 9.17) is 16.3 Å². The Morgan fingerprint density at radius 3 is 2.61 bits per heavy atom. The van der Waals surface area contributed by atoms with E-state index in [1.54, 1.807) is 0 Å². The minimum Gasteiger partial charge on any atom is -0.494 e. The number of ether oxygens (including phenoxy) is 1. The smallest absolute Gasteiger partial charge is 0.123 e. The highest BCUT2D eigenvalue weighted by Gasteiger charge is 2.14. The first-order chi connectivity index (χ1) is 8.51. The van der Waals surface area contributed by atoms with E-state index in [1.165, 1.54) is 5.56 Å². The van der Waals surface area contributed by atoms with Gasteiger partial charge in [-0.05, 0) is 56.9 Å². The molecule has 98 valence electrons. The number of hydrogen-bond donors (Lipinski definition) is 0. The maximum Gasteiger partial charge on any atom is 0.123 e. The van der Waals surface area contributed by atoms with Crippen molar-refractivity contribution in [3.63, 3.8) is 0 Å². The van der Waals surface area contributed by atoms with Crippen molar-refractivity contribution < 1.29 is 4.74 Å². The van der Waals surface area contributed by atoms with Gasteiger partial charge in [0.15, 0.2) is 0 Å². The summed E-state index contributed by atoms with van der Waals surface area (Å²) in [4.78, 5) is 0. The number of rotatable bonds is 4. The van der Waals surface area contributed by atoms with Gasteiger partial charge in [-0.2, -0.15) is 0 Å². The molecule has 0 saturated heterocycles. The molecule has 18 heavy (non-hydrogen) atoms. The molecule has 1 rings (SSSR count). The van der Waals surface area contributed by atoms with Crippen molar-refractivity contribution in [3.05, 3.63) is 27.8 Å². The fourth-order valence-corrected chi connectivity index (χ4v) is 2.27. The summed E-state index contributed by atoms with van der Waals surface area (Å²) < 4.78 is 5.73. The molecule has 0 aliphatic carbocycles. The van der Waals surface area contributed by atoms with E-state index in [1.807, 2.05) is 26.8 Å². The fraction of sp³-hybridized carbons (Fsp3) is 0.500. The van der Waals surface area contributed by atoms with E-state index in [2.05, 4.69) is 25.7 Å². The van der Waals surface area contributed by atoms with Crippen molar-refractivity contribution in [2.45, 2.75) is 41.0 Å². The van der Waals surface area contributed by atoms with Gasteiger partial charge in [0.2, 0.25) is 0 Å². The Labute approximate surface area is 115 Å². The number of hydrogen-bond acceptors (Lipinski definition) is 1. The zero-order chi connectivity index (χ0) is 13.7. The van der Waals surface area contributed by atoms with Crippen LogP contribution < -0.4 is 4.74 Å². The van der Waals surface area contributed by atoms with Crippen LogP contribution >= 0.6 is 11.6 Å². The van der Waals surface area contributed by atoms with Gasteiger partial charge in [0.1, 0.15) is 5.75 Å². The SMILES string of the molecule is CC#CC(C)Cc1c(OCC)cc(C)c(Cl)c1C. The van der Waals surface area contributed by atoms with Crippen LogP contribution in [0, 0.1) is 31.6 Å². The Bertz CT molecular complexity index is 480. The number of benzene rings is 1. The summed E-state index contributed by atoms with van der Waals surface area (Å²) in [7, 11) is 0. The van der Waals surface area contributed by atoms with Crippen LogP contribution in [0.3, 0.4) is 0 Å². The summed E-state index contributed by atoms with van der Waals surface area (Å²) in [6.45, 7) is 10.7. The van der Waals surface area contributed by atoms with E-state index in [9.17, 15) is 0 Å². The standard InChI is InChI=1S/C16H21ClO/c1-6-8-11(3)9-14-13(5)16(17)12(4)10-15(14)18-7-2/h10-11H,7,9H2,1-5H3. The first-order valence-corrected chi connectivity index (χ1v) is 6.72. The molecule has 1 aromatic carbocycles. The largest absolute Gasteiger partial charge is 0.494 e. The minimum absolute atomic E-state index is 0.312.